The van der Waals surface area contributed by atoms with Gasteiger partial charge in [0.05, 0.1) is 13.2 Å². The minimum atomic E-state index is -0.566. The maximum Gasteiger partial charge on any atom is 0.183 e. The fourth-order valence-corrected chi connectivity index (χ4v) is 2.01. The summed E-state index contributed by atoms with van der Waals surface area (Å²) in [6.07, 6.45) is 0.708. The maximum absolute atomic E-state index is 13.1. The van der Waals surface area contributed by atoms with Gasteiger partial charge in [0, 0.05) is 12.5 Å². The minimum Gasteiger partial charge on any atom is -0.484 e. The number of halogens is 2. The molecule has 1 aromatic carbocycles. The van der Waals surface area contributed by atoms with Gasteiger partial charge in [0.2, 0.25) is 0 Å². The molecular formula is C12H13F2NO. The Kier molecular flexibility index (Phi) is 2.90. The summed E-state index contributed by atoms with van der Waals surface area (Å²) >= 11 is 0. The lowest BCUT2D eigenvalue weighted by atomic mass is 9.95. The molecule has 0 saturated heterocycles. The Morgan fingerprint density at radius 3 is 2.38 bits per heavy atom. The third kappa shape index (κ3) is 2.05. The van der Waals surface area contributed by atoms with E-state index >= 15 is 0 Å². The van der Waals surface area contributed by atoms with E-state index in [9.17, 15) is 8.78 Å². The summed E-state index contributed by atoms with van der Waals surface area (Å²) in [5.74, 6) is -0.287. The molecule has 0 fully saturated rings. The predicted molar refractivity (Wildman–Crippen MR) is 57.3 cm³/mol. The van der Waals surface area contributed by atoms with Crippen LogP contribution in [0.2, 0.25) is 0 Å². The lowest BCUT2D eigenvalue weighted by Crippen LogP contribution is -2.03. The van der Waals surface area contributed by atoms with Crippen molar-refractivity contribution in [3.8, 4) is 0 Å². The normalized spacial score (nSPS) is 24.4. The zero-order valence-electron chi connectivity index (χ0n) is 9.21. The summed E-state index contributed by atoms with van der Waals surface area (Å²) in [4.78, 5) is 4.30. The Morgan fingerprint density at radius 2 is 1.88 bits per heavy atom. The molecule has 0 N–H and O–H groups in total. The second kappa shape index (κ2) is 4.20. The second-order valence-corrected chi connectivity index (χ2v) is 4.06. The fraction of sp³-hybridized carbons (Fsp3) is 0.417. The molecule has 0 bridgehead atoms. The molecule has 2 atom stereocenters. The van der Waals surface area contributed by atoms with E-state index in [4.69, 9.17) is 4.74 Å². The van der Waals surface area contributed by atoms with Gasteiger partial charge >= 0.3 is 0 Å². The number of aliphatic imine (C=N–C) groups is 1. The average molecular weight is 225 g/mol. The molecule has 0 amide bonds. The van der Waals surface area contributed by atoms with E-state index in [1.54, 1.807) is 7.11 Å². The molecular weight excluding hydrogens is 212 g/mol. The SMILES string of the molecule is COC1=NC(c2cc(F)cc(F)c2)C(C)C1. The second-order valence-electron chi connectivity index (χ2n) is 4.06. The molecule has 2 unspecified atom stereocenters. The van der Waals surface area contributed by atoms with Crippen LogP contribution in [-0.2, 0) is 4.74 Å². The molecule has 86 valence electrons. The molecule has 2 rings (SSSR count). The van der Waals surface area contributed by atoms with Gasteiger partial charge in [-0.2, -0.15) is 0 Å². The van der Waals surface area contributed by atoms with Crippen LogP contribution in [0.3, 0.4) is 0 Å². The predicted octanol–water partition coefficient (Wildman–Crippen LogP) is 3.09. The highest BCUT2D eigenvalue weighted by Crippen LogP contribution is 2.35. The van der Waals surface area contributed by atoms with E-state index in [2.05, 4.69) is 4.99 Å². The number of hydrogen-bond acceptors (Lipinski definition) is 2. The van der Waals surface area contributed by atoms with E-state index in [-0.39, 0.29) is 12.0 Å². The first-order valence-corrected chi connectivity index (χ1v) is 5.17. The van der Waals surface area contributed by atoms with Crippen molar-refractivity contribution in [2.24, 2.45) is 10.9 Å². The number of nitrogens with zero attached hydrogens (tertiary/aromatic N) is 1. The van der Waals surface area contributed by atoms with Gasteiger partial charge in [-0.3, -0.25) is 0 Å². The van der Waals surface area contributed by atoms with Crippen molar-refractivity contribution in [2.75, 3.05) is 7.11 Å². The van der Waals surface area contributed by atoms with Crippen LogP contribution in [0.15, 0.2) is 23.2 Å². The number of rotatable bonds is 1. The highest BCUT2D eigenvalue weighted by atomic mass is 19.1. The number of methoxy groups -OCH3 is 1. The van der Waals surface area contributed by atoms with Crippen LogP contribution in [0.5, 0.6) is 0 Å². The van der Waals surface area contributed by atoms with Gasteiger partial charge in [0.1, 0.15) is 11.6 Å². The van der Waals surface area contributed by atoms with Gasteiger partial charge in [-0.1, -0.05) is 6.92 Å². The molecule has 0 spiro atoms. The molecule has 2 nitrogen and oxygen atoms in total. The van der Waals surface area contributed by atoms with Crippen LogP contribution >= 0.6 is 0 Å². The van der Waals surface area contributed by atoms with Gasteiger partial charge in [-0.25, -0.2) is 13.8 Å². The zero-order valence-corrected chi connectivity index (χ0v) is 9.21. The van der Waals surface area contributed by atoms with Crippen LogP contribution in [-0.4, -0.2) is 13.0 Å². The highest BCUT2D eigenvalue weighted by molar-refractivity contribution is 5.78. The first kappa shape index (κ1) is 11.0. The van der Waals surface area contributed by atoms with Crippen LogP contribution in [0, 0.1) is 17.6 Å². The fourth-order valence-electron chi connectivity index (χ4n) is 2.01. The third-order valence-electron chi connectivity index (χ3n) is 2.78. The van der Waals surface area contributed by atoms with Gasteiger partial charge in [0.15, 0.2) is 5.90 Å². The molecule has 0 radical (unpaired) electrons. The molecule has 4 heteroatoms. The summed E-state index contributed by atoms with van der Waals surface area (Å²) in [5, 5.41) is 0. The van der Waals surface area contributed by atoms with E-state index < -0.39 is 11.6 Å². The monoisotopic (exact) mass is 225 g/mol. The first-order chi connectivity index (χ1) is 7.60. The molecule has 16 heavy (non-hydrogen) atoms. The van der Waals surface area contributed by atoms with Crippen LogP contribution in [0.4, 0.5) is 8.78 Å². The summed E-state index contributed by atoms with van der Waals surface area (Å²) in [6.45, 7) is 1.99. The van der Waals surface area contributed by atoms with Crippen LogP contribution < -0.4 is 0 Å². The smallest absolute Gasteiger partial charge is 0.183 e. The number of hydrogen-bond donors (Lipinski definition) is 0. The Bertz CT molecular complexity index is 411. The maximum atomic E-state index is 13.1. The molecule has 1 aliphatic rings. The topological polar surface area (TPSA) is 21.6 Å². The third-order valence-corrected chi connectivity index (χ3v) is 2.78. The average Bonchev–Trinajstić information content (AvgIpc) is 2.58. The molecule has 0 aromatic heterocycles. The van der Waals surface area contributed by atoms with E-state index in [0.29, 0.717) is 17.9 Å². The largest absolute Gasteiger partial charge is 0.484 e. The van der Waals surface area contributed by atoms with E-state index in [0.717, 1.165) is 6.07 Å². The highest BCUT2D eigenvalue weighted by Gasteiger charge is 2.28. The van der Waals surface area contributed by atoms with Crippen LogP contribution in [0.1, 0.15) is 24.9 Å². The van der Waals surface area contributed by atoms with Crippen molar-refractivity contribution in [3.05, 3.63) is 35.4 Å². The van der Waals surface area contributed by atoms with Gasteiger partial charge in [-0.05, 0) is 23.6 Å². The van der Waals surface area contributed by atoms with Gasteiger partial charge in [-0.15, -0.1) is 0 Å². The zero-order chi connectivity index (χ0) is 11.7. The van der Waals surface area contributed by atoms with Crippen molar-refractivity contribution in [3.63, 3.8) is 0 Å². The first-order valence-electron chi connectivity index (χ1n) is 5.17. The number of ether oxygens (including phenoxy) is 1. The summed E-state index contributed by atoms with van der Waals surface area (Å²) < 4.78 is 31.2. The Hall–Kier alpha value is -1.45. The van der Waals surface area contributed by atoms with Crippen molar-refractivity contribution < 1.29 is 13.5 Å². The van der Waals surface area contributed by atoms with Gasteiger partial charge < -0.3 is 4.74 Å². The van der Waals surface area contributed by atoms with Gasteiger partial charge in [0.25, 0.3) is 0 Å². The van der Waals surface area contributed by atoms with E-state index in [1.807, 2.05) is 6.92 Å². The van der Waals surface area contributed by atoms with Crippen molar-refractivity contribution in [1.82, 2.24) is 0 Å². The molecule has 1 aromatic rings. The molecule has 1 aliphatic heterocycles. The Labute approximate surface area is 93.0 Å². The van der Waals surface area contributed by atoms with Crippen LogP contribution in [0.25, 0.3) is 0 Å². The number of benzene rings is 1. The molecule has 0 saturated carbocycles. The van der Waals surface area contributed by atoms with Crippen molar-refractivity contribution in [1.29, 1.82) is 0 Å². The summed E-state index contributed by atoms with van der Waals surface area (Å²) in [5.41, 5.74) is 0.567. The summed E-state index contributed by atoms with van der Waals surface area (Å²) in [6, 6.07) is 3.31. The van der Waals surface area contributed by atoms with Crippen molar-refractivity contribution >= 4 is 5.90 Å². The Morgan fingerprint density at radius 1 is 1.25 bits per heavy atom. The standard InChI is InChI=1S/C12H13F2NO/c1-7-3-11(16-2)15-12(7)8-4-9(13)6-10(14)5-8/h4-7,12H,3H2,1-2H3. The molecule has 1 heterocycles. The minimum absolute atomic E-state index is 0.205. The summed E-state index contributed by atoms with van der Waals surface area (Å²) in [7, 11) is 1.56. The lowest BCUT2D eigenvalue weighted by Gasteiger charge is -2.12. The van der Waals surface area contributed by atoms with E-state index in [1.165, 1.54) is 12.1 Å². The Balaban J connectivity index is 2.33. The quantitative estimate of drug-likeness (QED) is 0.719. The van der Waals surface area contributed by atoms with Crippen molar-refractivity contribution in [2.45, 2.75) is 19.4 Å². The molecule has 0 aliphatic carbocycles. The lowest BCUT2D eigenvalue weighted by molar-refractivity contribution is 0.390.